The molecule has 0 saturated carbocycles. The van der Waals surface area contributed by atoms with Crippen molar-refractivity contribution in [1.29, 1.82) is 0 Å². The Morgan fingerprint density at radius 1 is 1.35 bits per heavy atom. The van der Waals surface area contributed by atoms with Gasteiger partial charge in [0.05, 0.1) is 9.39 Å². The van der Waals surface area contributed by atoms with Gasteiger partial charge in [-0.1, -0.05) is 55.0 Å². The Bertz CT molecular complexity index is 1750. The van der Waals surface area contributed by atoms with Gasteiger partial charge in [-0.3, -0.25) is 19.3 Å². The summed E-state index contributed by atoms with van der Waals surface area (Å²) in [6.07, 6.45) is 7.49. The van der Waals surface area contributed by atoms with Crippen molar-refractivity contribution in [2.75, 3.05) is 23.3 Å². The molecule has 0 radical (unpaired) electrons. The number of amides is 3. The molecule has 3 amide bonds. The molecular formula is C32H43ClN9O8S2+. The van der Waals surface area contributed by atoms with E-state index in [0.29, 0.717) is 30.6 Å². The number of thioether (sulfide) groups is 2. The minimum absolute atomic E-state index is 0.0463. The molecule has 0 aliphatic carbocycles. The summed E-state index contributed by atoms with van der Waals surface area (Å²) in [7, 11) is 0. The van der Waals surface area contributed by atoms with Gasteiger partial charge in [0.15, 0.2) is 11.4 Å². The molecule has 2 aliphatic rings. The topological polar surface area (TPSA) is 270 Å². The standard InChI is InChI=1S/C32H42ClN9O8S2/c1-6-16(2)21(25(33)52-17(3)35)22(40-50-32(4,5)31(48)49)27(44)39-23-28(45)42-24(30(46)47)18(14-51-29(23)42)9-8-12-41-13-19(26(36)37-15-41)38-20(43)10-7-11-34/h8-9,13,15-16,23,29,36H,3,6-7,10-12,14,34-35H2,1-2,4-5H3,(H4,38,39,43,44,46,47,48,49)/p+1/b9-8+,25-21+,40-22-/t16?,23-,29?/m1/s1. The third kappa shape index (κ3) is 10.3. The Morgan fingerprint density at radius 2 is 2.04 bits per heavy atom. The van der Waals surface area contributed by atoms with Crippen LogP contribution in [-0.2, 0) is 35.4 Å². The summed E-state index contributed by atoms with van der Waals surface area (Å²) in [5, 5.41) is 28.3. The highest BCUT2D eigenvalue weighted by Gasteiger charge is 2.54. The molecule has 282 valence electrons. The zero-order valence-electron chi connectivity index (χ0n) is 29.1. The number of hydrogen-bond acceptors (Lipinski definition) is 13. The zero-order chi connectivity index (χ0) is 38.9. The van der Waals surface area contributed by atoms with E-state index in [0.717, 1.165) is 16.7 Å². The van der Waals surface area contributed by atoms with Crippen LogP contribution >= 0.6 is 35.1 Å². The first kappa shape index (κ1) is 41.8. The smallest absolute Gasteiger partial charge is 0.352 e. The highest BCUT2D eigenvalue weighted by molar-refractivity contribution is 8.08. The van der Waals surface area contributed by atoms with E-state index >= 15 is 0 Å². The lowest BCUT2D eigenvalue weighted by Gasteiger charge is -2.49. The van der Waals surface area contributed by atoms with Gasteiger partial charge in [-0.2, -0.15) is 0 Å². The summed E-state index contributed by atoms with van der Waals surface area (Å²) in [4.78, 5) is 74.1. The number of allylic oxidation sites excluding steroid dienone is 2. The van der Waals surface area contributed by atoms with E-state index in [2.05, 4.69) is 27.4 Å². The Kier molecular flexibility index (Phi) is 14.7. The van der Waals surface area contributed by atoms with Crippen molar-refractivity contribution >= 4 is 82.0 Å². The normalized spacial score (nSPS) is 18.6. The maximum Gasteiger partial charge on any atom is 0.352 e. The second-order valence-corrected chi connectivity index (χ2v) is 15.0. The van der Waals surface area contributed by atoms with Crippen LogP contribution in [0.15, 0.2) is 62.6 Å². The fourth-order valence-corrected chi connectivity index (χ4v) is 7.28. The number of β-lactam (4-membered cyclic amide) rings is 1. The summed E-state index contributed by atoms with van der Waals surface area (Å²) < 4.78 is 1.67. The van der Waals surface area contributed by atoms with Gasteiger partial charge in [0.1, 0.15) is 29.9 Å². The summed E-state index contributed by atoms with van der Waals surface area (Å²) in [6, 6.07) is -1.15. The van der Waals surface area contributed by atoms with Gasteiger partial charge in [-0.15, -0.1) is 11.8 Å². The molecule has 2 unspecified atom stereocenters. The third-order valence-corrected chi connectivity index (χ3v) is 10.2. The predicted molar refractivity (Wildman–Crippen MR) is 198 cm³/mol. The van der Waals surface area contributed by atoms with Gasteiger partial charge in [0, 0.05) is 17.7 Å². The second-order valence-electron chi connectivity index (χ2n) is 12.2. The first-order valence-corrected chi connectivity index (χ1v) is 18.2. The van der Waals surface area contributed by atoms with E-state index in [1.807, 2.05) is 6.92 Å². The zero-order valence-corrected chi connectivity index (χ0v) is 31.4. The van der Waals surface area contributed by atoms with E-state index in [-0.39, 0.29) is 56.8 Å². The monoisotopic (exact) mass is 780 g/mol. The van der Waals surface area contributed by atoms with Crippen LogP contribution in [0.25, 0.3) is 0 Å². The third-order valence-electron chi connectivity index (χ3n) is 7.81. The van der Waals surface area contributed by atoms with Gasteiger partial charge < -0.3 is 42.9 Å². The predicted octanol–water partition coefficient (Wildman–Crippen LogP) is 1.82. The first-order chi connectivity index (χ1) is 24.4. The van der Waals surface area contributed by atoms with Crippen LogP contribution in [-0.4, -0.2) is 84.8 Å². The number of carboxylic acid groups (broad SMARTS) is 2. The van der Waals surface area contributed by atoms with Gasteiger partial charge in [-0.25, -0.2) is 14.2 Å². The van der Waals surface area contributed by atoms with Crippen molar-refractivity contribution < 1.29 is 43.6 Å². The maximum absolute atomic E-state index is 13.8. The van der Waals surface area contributed by atoms with Crippen molar-refractivity contribution in [3.63, 3.8) is 0 Å². The largest absolute Gasteiger partial charge is 0.478 e. The highest BCUT2D eigenvalue weighted by Crippen LogP contribution is 2.41. The molecule has 20 heteroatoms. The van der Waals surface area contributed by atoms with Gasteiger partial charge in [-0.05, 0) is 55.8 Å². The molecule has 0 bridgehead atoms. The van der Waals surface area contributed by atoms with Crippen LogP contribution in [0.3, 0.4) is 0 Å². The molecule has 3 atom stereocenters. The van der Waals surface area contributed by atoms with Crippen LogP contribution in [0.4, 0.5) is 11.5 Å². The number of carboxylic acids is 2. The summed E-state index contributed by atoms with van der Waals surface area (Å²) in [6.45, 7) is 10.3. The fraction of sp³-hybridized carbons (Fsp3) is 0.438. The number of oxime groups is 1. The minimum Gasteiger partial charge on any atom is -0.478 e. The molecule has 1 aromatic rings. The number of carbonyl (C=O) groups is 5. The average molecular weight is 781 g/mol. The SMILES string of the molecule is C=C(N)S/C(Cl)=C(/C(=N/OC(C)(C)C(=O)O)C(=O)N[C@@H]1C(=O)N2C(C(=O)O)=C(/C=C/C[n+]3cnc(N)c(NC(=O)CCCN)c3)CSC12)C(C)CC. The van der Waals surface area contributed by atoms with Crippen molar-refractivity contribution in [2.24, 2.45) is 22.5 Å². The molecule has 0 aromatic carbocycles. The number of nitrogens with zero attached hydrogens (tertiary/aromatic N) is 4. The minimum atomic E-state index is -1.83. The molecular weight excluding hydrogens is 738 g/mol. The number of carbonyl (C=O) groups excluding carboxylic acids is 3. The average Bonchev–Trinajstić information content (AvgIpc) is 3.07. The van der Waals surface area contributed by atoms with Crippen LogP contribution in [0.2, 0.25) is 0 Å². The van der Waals surface area contributed by atoms with E-state index in [9.17, 15) is 34.2 Å². The lowest BCUT2D eigenvalue weighted by atomic mass is 9.94. The number of aliphatic carboxylic acids is 2. The van der Waals surface area contributed by atoms with Crippen LogP contribution in [0.1, 0.15) is 47.0 Å². The van der Waals surface area contributed by atoms with Crippen molar-refractivity contribution in [1.82, 2.24) is 15.2 Å². The molecule has 2 aliphatic heterocycles. The lowest BCUT2D eigenvalue weighted by Crippen LogP contribution is -2.71. The molecule has 10 N–H and O–H groups in total. The molecule has 1 aromatic heterocycles. The Balaban J connectivity index is 1.86. The molecule has 17 nitrogen and oxygen atoms in total. The molecule has 1 fully saturated rings. The van der Waals surface area contributed by atoms with E-state index in [1.54, 1.807) is 29.8 Å². The number of fused-ring (bicyclic) bond motifs is 1. The number of hydrogen-bond donors (Lipinski definition) is 7. The van der Waals surface area contributed by atoms with Gasteiger partial charge in [0.25, 0.3) is 24.0 Å². The Labute approximate surface area is 313 Å². The molecule has 1 saturated heterocycles. The van der Waals surface area contributed by atoms with Crippen molar-refractivity contribution in [3.05, 3.63) is 57.5 Å². The molecule has 52 heavy (non-hydrogen) atoms. The maximum atomic E-state index is 13.8. The number of aromatic nitrogens is 2. The summed E-state index contributed by atoms with van der Waals surface area (Å²) in [5.74, 6) is -4.63. The van der Waals surface area contributed by atoms with Gasteiger partial charge in [0.2, 0.25) is 11.5 Å². The number of nitrogen functional groups attached to an aromatic ring is 1. The first-order valence-electron chi connectivity index (χ1n) is 16.0. The molecule has 3 heterocycles. The quantitative estimate of drug-likeness (QED) is 0.0485. The Morgan fingerprint density at radius 3 is 2.63 bits per heavy atom. The number of rotatable bonds is 18. The van der Waals surface area contributed by atoms with E-state index in [4.69, 9.17) is 33.6 Å². The summed E-state index contributed by atoms with van der Waals surface area (Å²) >= 11 is 8.68. The number of anilines is 2. The van der Waals surface area contributed by atoms with E-state index < -0.39 is 46.7 Å². The van der Waals surface area contributed by atoms with Crippen molar-refractivity contribution in [3.8, 4) is 0 Å². The van der Waals surface area contributed by atoms with Crippen LogP contribution in [0.5, 0.6) is 0 Å². The van der Waals surface area contributed by atoms with Crippen LogP contribution in [0, 0.1) is 5.92 Å². The Hall–Kier alpha value is -4.59. The lowest BCUT2D eigenvalue weighted by molar-refractivity contribution is -0.689. The molecule has 0 spiro atoms. The second kappa shape index (κ2) is 18.3. The van der Waals surface area contributed by atoms with E-state index in [1.165, 1.54) is 31.9 Å². The molecule has 3 rings (SSSR count). The number of halogens is 1. The van der Waals surface area contributed by atoms with Gasteiger partial charge >= 0.3 is 11.9 Å². The van der Waals surface area contributed by atoms with Crippen LogP contribution < -0.4 is 32.4 Å². The highest BCUT2D eigenvalue weighted by atomic mass is 35.5. The number of nitrogens with two attached hydrogens (primary N) is 3. The summed E-state index contributed by atoms with van der Waals surface area (Å²) in [5.41, 5.74) is 15.5. The fourth-order valence-electron chi connectivity index (χ4n) is 4.75. The number of nitrogens with one attached hydrogen (secondary N) is 2. The van der Waals surface area contributed by atoms with Crippen molar-refractivity contribution in [2.45, 2.75) is 70.5 Å².